The van der Waals surface area contributed by atoms with Gasteiger partial charge in [-0.25, -0.2) is 4.39 Å². The fraction of sp³-hybridized carbons (Fsp3) is 0.0714. The van der Waals surface area contributed by atoms with E-state index in [1.165, 1.54) is 18.2 Å². The Bertz CT molecular complexity index is 623. The van der Waals surface area contributed by atoms with Crippen molar-refractivity contribution in [3.05, 3.63) is 58.4 Å². The lowest BCUT2D eigenvalue weighted by molar-refractivity contribution is 0.102. The van der Waals surface area contributed by atoms with Crippen molar-refractivity contribution >= 4 is 28.9 Å². The zero-order valence-electron chi connectivity index (χ0n) is 10.2. The summed E-state index contributed by atoms with van der Waals surface area (Å²) in [4.78, 5) is 12.1. The first-order valence-corrected chi connectivity index (χ1v) is 5.99. The van der Waals surface area contributed by atoms with Crippen LogP contribution in [-0.4, -0.2) is 5.91 Å². The number of nitrogens with two attached hydrogens (primary N) is 1. The Kier molecular flexibility index (Phi) is 3.71. The molecule has 2 aromatic carbocycles. The largest absolute Gasteiger partial charge is 0.398 e. The van der Waals surface area contributed by atoms with Crippen molar-refractivity contribution in [1.82, 2.24) is 0 Å². The van der Waals surface area contributed by atoms with E-state index in [1.54, 1.807) is 25.1 Å². The lowest BCUT2D eigenvalue weighted by atomic mass is 10.1. The van der Waals surface area contributed by atoms with E-state index in [0.29, 0.717) is 11.3 Å². The normalized spacial score (nSPS) is 10.3. The number of amides is 1. The standard InChI is InChI=1S/C14H12ClFN2O/c1-8-4-2-5-9(12(8)17)14(19)18-13-10(15)6-3-7-11(13)16/h2-7H,17H2,1H3,(H,18,19). The number of carbonyl (C=O) groups excluding carboxylic acids is 1. The second-order valence-electron chi connectivity index (χ2n) is 4.09. The van der Waals surface area contributed by atoms with Gasteiger partial charge in [0.15, 0.2) is 0 Å². The van der Waals surface area contributed by atoms with Crippen molar-refractivity contribution in [1.29, 1.82) is 0 Å². The molecule has 0 bridgehead atoms. The van der Waals surface area contributed by atoms with Crippen LogP contribution in [-0.2, 0) is 0 Å². The van der Waals surface area contributed by atoms with E-state index in [4.69, 9.17) is 17.3 Å². The van der Waals surface area contributed by atoms with E-state index in [-0.39, 0.29) is 10.7 Å². The maximum atomic E-state index is 13.6. The van der Waals surface area contributed by atoms with Crippen LogP contribution in [0.1, 0.15) is 15.9 Å². The van der Waals surface area contributed by atoms with E-state index in [2.05, 4.69) is 5.32 Å². The van der Waals surface area contributed by atoms with Gasteiger partial charge in [0.1, 0.15) is 5.82 Å². The third kappa shape index (κ3) is 2.69. The van der Waals surface area contributed by atoms with Crippen LogP contribution in [0.4, 0.5) is 15.8 Å². The van der Waals surface area contributed by atoms with Crippen molar-refractivity contribution in [2.75, 3.05) is 11.1 Å². The van der Waals surface area contributed by atoms with Gasteiger partial charge in [-0.05, 0) is 30.7 Å². The molecule has 0 aliphatic heterocycles. The third-order valence-electron chi connectivity index (χ3n) is 2.77. The molecule has 0 atom stereocenters. The Hall–Kier alpha value is -2.07. The number of nitrogens with one attached hydrogen (secondary N) is 1. The number of para-hydroxylation sites is 2. The quantitative estimate of drug-likeness (QED) is 0.824. The van der Waals surface area contributed by atoms with Crippen LogP contribution in [0.15, 0.2) is 36.4 Å². The molecule has 0 saturated carbocycles. The highest BCUT2D eigenvalue weighted by Gasteiger charge is 2.15. The van der Waals surface area contributed by atoms with Gasteiger partial charge in [-0.2, -0.15) is 0 Å². The summed E-state index contributed by atoms with van der Waals surface area (Å²) in [6.45, 7) is 1.79. The first-order valence-electron chi connectivity index (χ1n) is 5.61. The first-order chi connectivity index (χ1) is 9.00. The fourth-order valence-electron chi connectivity index (χ4n) is 1.68. The Morgan fingerprint density at radius 3 is 2.63 bits per heavy atom. The van der Waals surface area contributed by atoms with Crippen molar-refractivity contribution < 1.29 is 9.18 Å². The minimum atomic E-state index is -0.591. The SMILES string of the molecule is Cc1cccc(C(=O)Nc2c(F)cccc2Cl)c1N. The fourth-order valence-corrected chi connectivity index (χ4v) is 1.89. The predicted octanol–water partition coefficient (Wildman–Crippen LogP) is 3.62. The van der Waals surface area contributed by atoms with E-state index in [9.17, 15) is 9.18 Å². The van der Waals surface area contributed by atoms with Crippen LogP contribution in [0.5, 0.6) is 0 Å². The Labute approximate surface area is 115 Å². The van der Waals surface area contributed by atoms with Gasteiger partial charge in [0.05, 0.1) is 16.3 Å². The molecule has 0 fully saturated rings. The number of halogens is 2. The molecule has 0 heterocycles. The highest BCUT2D eigenvalue weighted by Crippen LogP contribution is 2.26. The molecule has 0 aliphatic carbocycles. The van der Waals surface area contributed by atoms with Gasteiger partial charge in [0.2, 0.25) is 0 Å². The number of carbonyl (C=O) groups is 1. The van der Waals surface area contributed by atoms with Gasteiger partial charge in [-0.15, -0.1) is 0 Å². The van der Waals surface area contributed by atoms with Crippen LogP contribution in [0, 0.1) is 12.7 Å². The molecule has 2 aromatic rings. The van der Waals surface area contributed by atoms with E-state index < -0.39 is 11.7 Å². The molecule has 0 aromatic heterocycles. The summed E-state index contributed by atoms with van der Waals surface area (Å²) in [5, 5.41) is 2.58. The average Bonchev–Trinajstić information content (AvgIpc) is 2.37. The molecule has 98 valence electrons. The molecular weight excluding hydrogens is 267 g/mol. The molecule has 0 aliphatic rings. The highest BCUT2D eigenvalue weighted by atomic mass is 35.5. The monoisotopic (exact) mass is 278 g/mol. The molecule has 1 amide bonds. The van der Waals surface area contributed by atoms with E-state index in [1.807, 2.05) is 0 Å². The summed E-state index contributed by atoms with van der Waals surface area (Å²) in [7, 11) is 0. The summed E-state index contributed by atoms with van der Waals surface area (Å²) < 4.78 is 13.6. The van der Waals surface area contributed by atoms with Crippen molar-refractivity contribution in [3.8, 4) is 0 Å². The first kappa shape index (κ1) is 13.4. The number of anilines is 2. The number of aryl methyl sites for hydroxylation is 1. The number of hydrogen-bond donors (Lipinski definition) is 2. The van der Waals surface area contributed by atoms with Gasteiger partial charge < -0.3 is 11.1 Å². The molecule has 19 heavy (non-hydrogen) atoms. The number of nitrogen functional groups attached to an aromatic ring is 1. The lowest BCUT2D eigenvalue weighted by Crippen LogP contribution is -2.15. The van der Waals surface area contributed by atoms with Crippen LogP contribution in [0.25, 0.3) is 0 Å². The Morgan fingerprint density at radius 2 is 1.95 bits per heavy atom. The molecule has 0 saturated heterocycles. The Balaban J connectivity index is 2.34. The van der Waals surface area contributed by atoms with E-state index in [0.717, 1.165) is 5.56 Å². The number of rotatable bonds is 2. The van der Waals surface area contributed by atoms with Gasteiger partial charge in [0.25, 0.3) is 5.91 Å². The maximum Gasteiger partial charge on any atom is 0.257 e. The number of benzene rings is 2. The van der Waals surface area contributed by atoms with Gasteiger partial charge in [-0.1, -0.05) is 29.8 Å². The molecule has 0 radical (unpaired) electrons. The van der Waals surface area contributed by atoms with Crippen LogP contribution >= 0.6 is 11.6 Å². The molecule has 3 nitrogen and oxygen atoms in total. The Morgan fingerprint density at radius 1 is 1.26 bits per heavy atom. The van der Waals surface area contributed by atoms with Crippen molar-refractivity contribution in [2.24, 2.45) is 0 Å². The minimum Gasteiger partial charge on any atom is -0.398 e. The molecule has 0 spiro atoms. The molecular formula is C14H12ClFN2O. The second kappa shape index (κ2) is 5.28. The summed E-state index contributed by atoms with van der Waals surface area (Å²) in [6.07, 6.45) is 0. The summed E-state index contributed by atoms with van der Waals surface area (Å²) >= 11 is 5.85. The zero-order chi connectivity index (χ0) is 14.0. The van der Waals surface area contributed by atoms with E-state index >= 15 is 0 Å². The second-order valence-corrected chi connectivity index (χ2v) is 4.49. The summed E-state index contributed by atoms with van der Waals surface area (Å²) in [5.41, 5.74) is 7.22. The lowest BCUT2D eigenvalue weighted by Gasteiger charge is -2.11. The minimum absolute atomic E-state index is 0.0462. The summed E-state index contributed by atoms with van der Waals surface area (Å²) in [6, 6.07) is 9.27. The maximum absolute atomic E-state index is 13.6. The van der Waals surface area contributed by atoms with Crippen LogP contribution in [0.2, 0.25) is 5.02 Å². The number of hydrogen-bond acceptors (Lipinski definition) is 2. The highest BCUT2D eigenvalue weighted by molar-refractivity contribution is 6.34. The molecule has 3 N–H and O–H groups in total. The summed E-state index contributed by atoms with van der Waals surface area (Å²) in [5.74, 6) is -1.08. The van der Waals surface area contributed by atoms with Crippen LogP contribution in [0.3, 0.4) is 0 Å². The zero-order valence-corrected chi connectivity index (χ0v) is 11.0. The topological polar surface area (TPSA) is 55.1 Å². The van der Waals surface area contributed by atoms with Crippen molar-refractivity contribution in [2.45, 2.75) is 6.92 Å². The van der Waals surface area contributed by atoms with Crippen LogP contribution < -0.4 is 11.1 Å². The average molecular weight is 279 g/mol. The smallest absolute Gasteiger partial charge is 0.257 e. The predicted molar refractivity (Wildman–Crippen MR) is 75.0 cm³/mol. The van der Waals surface area contributed by atoms with Gasteiger partial charge in [-0.3, -0.25) is 4.79 Å². The molecule has 5 heteroatoms. The third-order valence-corrected chi connectivity index (χ3v) is 3.09. The van der Waals surface area contributed by atoms with Gasteiger partial charge in [0, 0.05) is 5.69 Å². The van der Waals surface area contributed by atoms with Gasteiger partial charge >= 0.3 is 0 Å². The molecule has 0 unspecified atom stereocenters. The molecule has 2 rings (SSSR count). The van der Waals surface area contributed by atoms with Crippen molar-refractivity contribution in [3.63, 3.8) is 0 Å².